The van der Waals surface area contributed by atoms with Crippen molar-refractivity contribution in [2.24, 2.45) is 11.8 Å². The zero-order chi connectivity index (χ0) is 16.4. The number of rotatable bonds is 11. The van der Waals surface area contributed by atoms with E-state index in [0.717, 1.165) is 45.2 Å². The molecule has 0 aliphatic heterocycles. The molecule has 0 radical (unpaired) electrons. The summed E-state index contributed by atoms with van der Waals surface area (Å²) in [5.41, 5.74) is 0.668. The Bertz CT molecular complexity index is 347. The Morgan fingerprint density at radius 3 is 2.14 bits per heavy atom. The van der Waals surface area contributed by atoms with Gasteiger partial charge in [0.2, 0.25) is 5.91 Å². The van der Waals surface area contributed by atoms with Gasteiger partial charge < -0.3 is 4.90 Å². The van der Waals surface area contributed by atoms with Crippen molar-refractivity contribution in [3.8, 4) is 0 Å². The molecule has 0 bridgehead atoms. The van der Waals surface area contributed by atoms with Crippen LogP contribution in [0.4, 0.5) is 0 Å². The van der Waals surface area contributed by atoms with Crippen LogP contribution in [0, 0.1) is 11.8 Å². The maximum atomic E-state index is 11.9. The summed E-state index contributed by atoms with van der Waals surface area (Å²) < 4.78 is 0. The Morgan fingerprint density at radius 2 is 1.71 bits per heavy atom. The summed E-state index contributed by atoms with van der Waals surface area (Å²) in [5, 5.41) is 0. The van der Waals surface area contributed by atoms with Gasteiger partial charge in [0.15, 0.2) is 5.78 Å². The minimum atomic E-state index is 0.0719. The molecule has 0 aromatic heterocycles. The smallest absolute Gasteiger partial charge is 0.225 e. The molecule has 0 aromatic rings. The highest BCUT2D eigenvalue weighted by atomic mass is 16.2. The van der Waals surface area contributed by atoms with Crippen LogP contribution in [-0.2, 0) is 9.59 Å². The average molecular weight is 295 g/mol. The van der Waals surface area contributed by atoms with Crippen LogP contribution in [0.1, 0.15) is 66.7 Å². The van der Waals surface area contributed by atoms with E-state index >= 15 is 0 Å². The van der Waals surface area contributed by atoms with Gasteiger partial charge in [-0.05, 0) is 38.7 Å². The number of carbonyl (C=O) groups is 2. The summed E-state index contributed by atoms with van der Waals surface area (Å²) in [6.07, 6.45) is 4.96. The van der Waals surface area contributed by atoms with E-state index in [9.17, 15) is 9.59 Å². The van der Waals surface area contributed by atoms with Gasteiger partial charge in [0.05, 0.1) is 0 Å². The normalized spacial score (nSPS) is 12.3. The third-order valence-electron chi connectivity index (χ3n) is 3.95. The number of nitrogens with zero attached hydrogens (tertiary/aromatic N) is 1. The predicted molar refractivity (Wildman–Crippen MR) is 89.2 cm³/mol. The van der Waals surface area contributed by atoms with E-state index in [1.165, 1.54) is 0 Å². The predicted octanol–water partition coefficient (Wildman–Crippen LogP) is 4.22. The number of amides is 1. The van der Waals surface area contributed by atoms with Crippen LogP contribution < -0.4 is 0 Å². The first-order chi connectivity index (χ1) is 9.84. The summed E-state index contributed by atoms with van der Waals surface area (Å²) in [4.78, 5) is 25.8. The molecule has 1 unspecified atom stereocenters. The molecule has 0 fully saturated rings. The highest BCUT2D eigenvalue weighted by Crippen LogP contribution is 2.18. The maximum Gasteiger partial charge on any atom is 0.225 e. The average Bonchev–Trinajstić information content (AvgIpc) is 2.45. The monoisotopic (exact) mass is 295 g/mol. The van der Waals surface area contributed by atoms with Crippen LogP contribution in [0.5, 0.6) is 0 Å². The van der Waals surface area contributed by atoms with Gasteiger partial charge in [-0.1, -0.05) is 40.2 Å². The Labute approximate surface area is 130 Å². The lowest BCUT2D eigenvalue weighted by Gasteiger charge is -2.23. The summed E-state index contributed by atoms with van der Waals surface area (Å²) in [6, 6.07) is 0. The van der Waals surface area contributed by atoms with E-state index in [4.69, 9.17) is 0 Å². The van der Waals surface area contributed by atoms with Crippen molar-refractivity contribution in [1.29, 1.82) is 0 Å². The Kier molecular flexibility index (Phi) is 10.0. The summed E-state index contributed by atoms with van der Waals surface area (Å²) in [7, 11) is 0. The first-order valence-corrected chi connectivity index (χ1v) is 8.33. The van der Waals surface area contributed by atoms with Crippen LogP contribution >= 0.6 is 0 Å². The summed E-state index contributed by atoms with van der Waals surface area (Å²) in [5.74, 6) is 0.647. The fourth-order valence-electron chi connectivity index (χ4n) is 2.53. The first kappa shape index (κ1) is 19.9. The standard InChI is InChI=1S/C18H33NO2/c1-7-16(17(20)14(3)4)12-10-9-11-13-19(8-2)18(21)15(5)6/h15-16H,3,7-13H2,1-2,4-6H3. The lowest BCUT2D eigenvalue weighted by molar-refractivity contribution is -0.134. The van der Waals surface area contributed by atoms with Crippen molar-refractivity contribution in [1.82, 2.24) is 4.90 Å². The fourth-order valence-corrected chi connectivity index (χ4v) is 2.53. The molecule has 3 heteroatoms. The van der Waals surface area contributed by atoms with E-state index < -0.39 is 0 Å². The van der Waals surface area contributed by atoms with Gasteiger partial charge in [0.25, 0.3) is 0 Å². The molecule has 0 N–H and O–H groups in total. The zero-order valence-electron chi connectivity index (χ0n) is 14.6. The molecule has 0 aliphatic rings. The molecule has 122 valence electrons. The molecule has 3 nitrogen and oxygen atoms in total. The highest BCUT2D eigenvalue weighted by molar-refractivity contribution is 5.95. The molecular weight excluding hydrogens is 262 g/mol. The topological polar surface area (TPSA) is 37.4 Å². The molecule has 0 saturated carbocycles. The van der Waals surface area contributed by atoms with Gasteiger partial charge in [0.1, 0.15) is 0 Å². The SMILES string of the molecule is C=C(C)C(=O)C(CC)CCCCCN(CC)C(=O)C(C)C. The van der Waals surface area contributed by atoms with E-state index in [1.807, 2.05) is 25.7 Å². The molecule has 0 saturated heterocycles. The lowest BCUT2D eigenvalue weighted by Crippen LogP contribution is -2.34. The molecular formula is C18H33NO2. The van der Waals surface area contributed by atoms with Crippen molar-refractivity contribution < 1.29 is 9.59 Å². The van der Waals surface area contributed by atoms with Crippen molar-refractivity contribution in [3.63, 3.8) is 0 Å². The molecule has 1 amide bonds. The zero-order valence-corrected chi connectivity index (χ0v) is 14.6. The van der Waals surface area contributed by atoms with Crippen molar-refractivity contribution in [3.05, 3.63) is 12.2 Å². The molecule has 0 heterocycles. The highest BCUT2D eigenvalue weighted by Gasteiger charge is 2.17. The number of allylic oxidation sites excluding steroid dienone is 1. The van der Waals surface area contributed by atoms with E-state index in [0.29, 0.717) is 5.57 Å². The van der Waals surface area contributed by atoms with Crippen molar-refractivity contribution in [2.75, 3.05) is 13.1 Å². The minimum Gasteiger partial charge on any atom is -0.343 e. The third kappa shape index (κ3) is 7.45. The Hall–Kier alpha value is -1.12. The van der Waals surface area contributed by atoms with Crippen molar-refractivity contribution in [2.45, 2.75) is 66.7 Å². The molecule has 0 spiro atoms. The van der Waals surface area contributed by atoms with Gasteiger partial charge in [-0.3, -0.25) is 9.59 Å². The lowest BCUT2D eigenvalue weighted by atomic mass is 9.91. The quantitative estimate of drug-likeness (QED) is 0.423. The number of hydrogen-bond acceptors (Lipinski definition) is 2. The van der Waals surface area contributed by atoms with E-state index in [-0.39, 0.29) is 23.5 Å². The van der Waals surface area contributed by atoms with Gasteiger partial charge in [-0.2, -0.15) is 0 Å². The number of unbranched alkanes of at least 4 members (excludes halogenated alkanes) is 2. The second-order valence-corrected chi connectivity index (χ2v) is 6.17. The number of ketones is 1. The fraction of sp³-hybridized carbons (Fsp3) is 0.778. The second-order valence-electron chi connectivity index (χ2n) is 6.17. The Morgan fingerprint density at radius 1 is 1.10 bits per heavy atom. The second kappa shape index (κ2) is 10.6. The van der Waals surface area contributed by atoms with Crippen LogP contribution in [0.25, 0.3) is 0 Å². The maximum absolute atomic E-state index is 11.9. The van der Waals surface area contributed by atoms with Gasteiger partial charge in [-0.15, -0.1) is 0 Å². The Balaban J connectivity index is 4.01. The minimum absolute atomic E-state index is 0.0719. The summed E-state index contributed by atoms with van der Waals surface area (Å²) in [6.45, 7) is 15.1. The molecule has 1 atom stereocenters. The van der Waals surface area contributed by atoms with E-state index in [2.05, 4.69) is 13.5 Å². The molecule has 0 rings (SSSR count). The number of carbonyl (C=O) groups excluding carboxylic acids is 2. The van der Waals surface area contributed by atoms with Crippen LogP contribution in [-0.4, -0.2) is 29.7 Å². The third-order valence-corrected chi connectivity index (χ3v) is 3.95. The van der Waals surface area contributed by atoms with Crippen LogP contribution in [0.15, 0.2) is 12.2 Å². The summed E-state index contributed by atoms with van der Waals surface area (Å²) >= 11 is 0. The van der Waals surface area contributed by atoms with Gasteiger partial charge in [0, 0.05) is 24.9 Å². The first-order valence-electron chi connectivity index (χ1n) is 8.33. The number of Topliss-reactive ketones (excluding diaryl/α,β-unsaturated/α-hetero) is 1. The molecule has 0 aliphatic carbocycles. The van der Waals surface area contributed by atoms with Crippen LogP contribution in [0.3, 0.4) is 0 Å². The largest absolute Gasteiger partial charge is 0.343 e. The molecule has 0 aromatic carbocycles. The van der Waals surface area contributed by atoms with Gasteiger partial charge >= 0.3 is 0 Å². The molecule has 21 heavy (non-hydrogen) atoms. The van der Waals surface area contributed by atoms with Gasteiger partial charge in [-0.25, -0.2) is 0 Å². The van der Waals surface area contributed by atoms with Crippen molar-refractivity contribution >= 4 is 11.7 Å². The van der Waals surface area contributed by atoms with Crippen LogP contribution in [0.2, 0.25) is 0 Å². The van der Waals surface area contributed by atoms with E-state index in [1.54, 1.807) is 6.92 Å². The number of hydrogen-bond donors (Lipinski definition) is 0.